The fourth-order valence-electron chi connectivity index (χ4n) is 9.33. The molecule has 8 nitrogen and oxygen atoms in total. The highest BCUT2D eigenvalue weighted by Gasteiger charge is 2.61. The Morgan fingerprint density at radius 3 is 2.43 bits per heavy atom. The molecule has 5 fully saturated rings. The van der Waals surface area contributed by atoms with E-state index in [9.17, 15) is 14.4 Å². The van der Waals surface area contributed by atoms with Crippen LogP contribution >= 0.6 is 11.5 Å². The zero-order valence-electron chi connectivity index (χ0n) is 26.1. The maximum atomic E-state index is 13.6. The van der Waals surface area contributed by atoms with Crippen molar-refractivity contribution in [1.29, 1.82) is 0 Å². The number of esters is 1. The van der Waals surface area contributed by atoms with E-state index < -0.39 is 0 Å². The van der Waals surface area contributed by atoms with Crippen LogP contribution in [0.3, 0.4) is 0 Å². The van der Waals surface area contributed by atoms with Crippen LogP contribution in [0.1, 0.15) is 64.7 Å². The van der Waals surface area contributed by atoms with Crippen molar-refractivity contribution >= 4 is 45.2 Å². The van der Waals surface area contributed by atoms with Gasteiger partial charge in [-0.2, -0.15) is 4.37 Å². The zero-order valence-corrected chi connectivity index (χ0v) is 26.9. The summed E-state index contributed by atoms with van der Waals surface area (Å²) in [7, 11) is 0. The number of allylic oxidation sites excluding steroid dienone is 1. The van der Waals surface area contributed by atoms with Gasteiger partial charge in [0.05, 0.1) is 55.7 Å². The topological polar surface area (TPSA) is 79.8 Å². The number of carbonyl (C=O) groups excluding carboxylic acids is 3. The lowest BCUT2D eigenvalue weighted by atomic mass is 9.78. The van der Waals surface area contributed by atoms with Gasteiger partial charge in [0.25, 0.3) is 0 Å². The Kier molecular flexibility index (Phi) is 8.53. The van der Waals surface area contributed by atoms with Crippen molar-refractivity contribution in [3.05, 3.63) is 36.4 Å². The van der Waals surface area contributed by atoms with Crippen molar-refractivity contribution in [2.24, 2.45) is 35.5 Å². The fourth-order valence-corrected chi connectivity index (χ4v) is 10.1. The molecule has 9 heteroatoms. The number of aromatic nitrogens is 1. The number of piperazine rings is 1. The van der Waals surface area contributed by atoms with Gasteiger partial charge < -0.3 is 9.64 Å². The number of likely N-dealkylation sites (tertiary alicyclic amines) is 1. The van der Waals surface area contributed by atoms with Gasteiger partial charge in [0, 0.05) is 17.8 Å². The standard InChI is InChI=1S/C35H47N4O4S/c1-2-3-4-13-30(40)43-23-39(18-16-37(17-19-39)33-28-11-7-8-12-29(28)44-36-33)22-27-10-6-5-9-26(27)21-38-34(41)31-24-14-15-25(20-24)32(31)35(38)42/h3-4,7-8,11-12,24-27,31-32H,2,5-6,9-10,13-23H2,1H3/q+1/b4-3+. The van der Waals surface area contributed by atoms with E-state index in [1.807, 2.05) is 12.2 Å². The number of hydrogen-bond donors (Lipinski definition) is 0. The van der Waals surface area contributed by atoms with E-state index in [1.54, 1.807) is 16.4 Å². The lowest BCUT2D eigenvalue weighted by Gasteiger charge is -2.47. The van der Waals surface area contributed by atoms with E-state index in [0.29, 0.717) is 43.4 Å². The summed E-state index contributed by atoms with van der Waals surface area (Å²) in [5, 5.41) is 1.21. The predicted molar refractivity (Wildman–Crippen MR) is 172 cm³/mol. The number of quaternary nitrogens is 1. The first-order valence-electron chi connectivity index (χ1n) is 17.1. The third-order valence-electron chi connectivity index (χ3n) is 11.7. The van der Waals surface area contributed by atoms with Gasteiger partial charge >= 0.3 is 5.97 Å². The third kappa shape index (κ3) is 5.59. The van der Waals surface area contributed by atoms with Crippen LogP contribution in [0.2, 0.25) is 0 Å². The molecule has 2 aliphatic heterocycles. The number of amides is 2. The second-order valence-electron chi connectivity index (χ2n) is 14.2. The molecule has 7 rings (SSSR count). The SMILES string of the molecule is CC/C=C/CC(=O)OC[N+]1(CC2CCCCC2CN2C(=O)C3C4CCC(C4)C3C2=O)CCN(c2nsc3ccccc23)CC1. The Hall–Kier alpha value is -2.78. The van der Waals surface area contributed by atoms with Crippen LogP contribution in [0, 0.1) is 35.5 Å². The second kappa shape index (κ2) is 12.5. The normalized spacial score (nSPS) is 31.4. The van der Waals surface area contributed by atoms with Crippen LogP contribution in [-0.2, 0) is 19.1 Å². The monoisotopic (exact) mass is 619 g/mol. The molecular formula is C35H47N4O4S+. The summed E-state index contributed by atoms with van der Waals surface area (Å²) in [5.41, 5.74) is 0. The Balaban J connectivity index is 1.06. The Morgan fingerprint density at radius 2 is 1.70 bits per heavy atom. The van der Waals surface area contributed by atoms with E-state index in [2.05, 4.69) is 36.1 Å². The molecule has 6 atom stereocenters. The highest BCUT2D eigenvalue weighted by Crippen LogP contribution is 2.56. The number of anilines is 1. The van der Waals surface area contributed by atoms with Gasteiger partial charge in [-0.15, -0.1) is 0 Å². The zero-order chi connectivity index (χ0) is 30.3. The second-order valence-corrected chi connectivity index (χ2v) is 15.0. The molecule has 2 bridgehead atoms. The molecule has 2 saturated heterocycles. The average Bonchev–Trinajstić information content (AvgIpc) is 3.82. The van der Waals surface area contributed by atoms with Crippen LogP contribution in [0.15, 0.2) is 36.4 Å². The van der Waals surface area contributed by atoms with E-state index in [-0.39, 0.29) is 29.6 Å². The summed E-state index contributed by atoms with van der Waals surface area (Å²) < 4.78 is 12.7. The number of hydrogen-bond acceptors (Lipinski definition) is 7. The number of ether oxygens (including phenoxy) is 1. The fraction of sp³-hybridized carbons (Fsp3) is 0.657. The molecular weight excluding hydrogens is 572 g/mol. The minimum Gasteiger partial charge on any atom is -0.415 e. The first-order chi connectivity index (χ1) is 21.5. The molecule has 6 unspecified atom stereocenters. The summed E-state index contributed by atoms with van der Waals surface area (Å²) in [6, 6.07) is 8.43. The minimum atomic E-state index is -0.172. The Bertz CT molecular complexity index is 1390. The maximum Gasteiger partial charge on any atom is 0.313 e. The number of nitrogens with zero attached hydrogens (tertiary/aromatic N) is 4. The average molecular weight is 620 g/mol. The van der Waals surface area contributed by atoms with Crippen LogP contribution < -0.4 is 4.90 Å². The van der Waals surface area contributed by atoms with Crippen molar-refractivity contribution in [3.8, 4) is 0 Å². The molecule has 236 valence electrons. The van der Waals surface area contributed by atoms with Crippen molar-refractivity contribution in [3.63, 3.8) is 0 Å². The van der Waals surface area contributed by atoms with E-state index in [0.717, 1.165) is 88.0 Å². The lowest BCUT2D eigenvalue weighted by Crippen LogP contribution is -2.63. The van der Waals surface area contributed by atoms with Gasteiger partial charge in [0.2, 0.25) is 18.5 Å². The molecule has 44 heavy (non-hydrogen) atoms. The summed E-state index contributed by atoms with van der Waals surface area (Å²) in [6.45, 7) is 7.40. The molecule has 0 radical (unpaired) electrons. The van der Waals surface area contributed by atoms with Crippen LogP contribution in [-0.4, -0.2) is 77.5 Å². The molecule has 1 aromatic carbocycles. The summed E-state index contributed by atoms with van der Waals surface area (Å²) in [4.78, 5) is 44.0. The van der Waals surface area contributed by atoms with Crippen molar-refractivity contribution in [2.45, 2.75) is 64.7 Å². The molecule has 3 heterocycles. The quantitative estimate of drug-likeness (QED) is 0.149. The summed E-state index contributed by atoms with van der Waals surface area (Å²) in [6.07, 6.45) is 12.9. The Labute approximate surface area is 265 Å². The molecule has 3 saturated carbocycles. The van der Waals surface area contributed by atoms with Crippen molar-refractivity contribution in [1.82, 2.24) is 9.27 Å². The molecule has 2 aromatic rings. The first-order valence-corrected chi connectivity index (χ1v) is 17.8. The summed E-state index contributed by atoms with van der Waals surface area (Å²) >= 11 is 1.55. The van der Waals surface area contributed by atoms with Gasteiger partial charge in [-0.25, -0.2) is 0 Å². The van der Waals surface area contributed by atoms with E-state index in [4.69, 9.17) is 9.11 Å². The molecule has 0 spiro atoms. The van der Waals surface area contributed by atoms with Crippen molar-refractivity contribution < 1.29 is 23.6 Å². The smallest absolute Gasteiger partial charge is 0.313 e. The van der Waals surface area contributed by atoms with Gasteiger partial charge in [-0.05, 0) is 79.9 Å². The Morgan fingerprint density at radius 1 is 1.00 bits per heavy atom. The first kappa shape index (κ1) is 29.9. The van der Waals surface area contributed by atoms with Crippen LogP contribution in [0.5, 0.6) is 0 Å². The summed E-state index contributed by atoms with van der Waals surface area (Å²) in [5.74, 6) is 2.61. The molecule has 2 amide bonds. The largest absolute Gasteiger partial charge is 0.415 e. The van der Waals surface area contributed by atoms with Crippen LogP contribution in [0.4, 0.5) is 5.82 Å². The van der Waals surface area contributed by atoms with Gasteiger partial charge in [0.15, 0.2) is 5.82 Å². The van der Waals surface area contributed by atoms with Gasteiger partial charge in [0.1, 0.15) is 0 Å². The lowest BCUT2D eigenvalue weighted by molar-refractivity contribution is -0.947. The number of carbonyl (C=O) groups is 3. The predicted octanol–water partition coefficient (Wildman–Crippen LogP) is 5.63. The van der Waals surface area contributed by atoms with Crippen molar-refractivity contribution in [2.75, 3.05) is 50.9 Å². The minimum absolute atomic E-state index is 0.0438. The molecule has 3 aliphatic carbocycles. The number of imide groups is 1. The number of fused-ring (bicyclic) bond motifs is 6. The molecule has 5 aliphatic rings. The van der Waals surface area contributed by atoms with Gasteiger partial charge in [-0.1, -0.05) is 44.1 Å². The third-order valence-corrected chi connectivity index (χ3v) is 12.5. The molecule has 0 N–H and O–H groups in total. The number of benzene rings is 1. The van der Waals surface area contributed by atoms with Crippen LogP contribution in [0.25, 0.3) is 10.1 Å². The van der Waals surface area contributed by atoms with E-state index >= 15 is 0 Å². The highest BCUT2D eigenvalue weighted by molar-refractivity contribution is 7.13. The maximum absolute atomic E-state index is 13.6. The van der Waals surface area contributed by atoms with Gasteiger partial charge in [-0.3, -0.25) is 23.8 Å². The van der Waals surface area contributed by atoms with E-state index in [1.165, 1.54) is 16.5 Å². The molecule has 1 aromatic heterocycles. The number of rotatable bonds is 10. The highest BCUT2D eigenvalue weighted by atomic mass is 32.1.